The fraction of sp³-hybridized carbons (Fsp3) is 0.0500. The summed E-state index contributed by atoms with van der Waals surface area (Å²) in [7, 11) is 0. The summed E-state index contributed by atoms with van der Waals surface area (Å²) in [4.78, 5) is 20.3. The highest BCUT2D eigenvalue weighted by molar-refractivity contribution is 6.30. The number of hydrogen-bond acceptors (Lipinski definition) is 5. The molecule has 0 bridgehead atoms. The van der Waals surface area contributed by atoms with Crippen LogP contribution >= 0.6 is 11.6 Å². The first kappa shape index (κ1) is 18.6. The van der Waals surface area contributed by atoms with E-state index in [4.69, 9.17) is 17.3 Å². The normalized spacial score (nSPS) is 11.2. The number of nitrogens with two attached hydrogens (primary N) is 1. The van der Waals surface area contributed by atoms with Crippen molar-refractivity contribution in [2.45, 2.75) is 6.42 Å². The first-order chi connectivity index (χ1) is 14.1. The summed E-state index contributed by atoms with van der Waals surface area (Å²) in [6.45, 7) is 0. The van der Waals surface area contributed by atoms with Gasteiger partial charge in [-0.1, -0.05) is 35.9 Å². The lowest BCUT2D eigenvalue weighted by atomic mass is 10.1. The molecule has 0 saturated heterocycles. The summed E-state index contributed by atoms with van der Waals surface area (Å²) >= 11 is 6.03. The molecular weight excluding hydrogens is 390 g/mol. The van der Waals surface area contributed by atoms with Gasteiger partial charge in [0, 0.05) is 17.7 Å². The predicted octanol–water partition coefficient (Wildman–Crippen LogP) is 3.08. The van der Waals surface area contributed by atoms with Gasteiger partial charge in [-0.05, 0) is 35.4 Å². The van der Waals surface area contributed by atoms with Crippen LogP contribution in [0.2, 0.25) is 5.02 Å². The Bertz CT molecular complexity index is 1160. The number of hydrogen-bond donors (Lipinski definition) is 2. The molecule has 1 amide bonds. The van der Waals surface area contributed by atoms with Crippen LogP contribution < -0.4 is 5.73 Å². The number of carbonyl (C=O) groups is 1. The standard InChI is InChI=1S/C20H16ClN7O/c21-15-3-1-2-14(8-15)9-17-18(19(22)29)20(27-26-17)24-10-13-4-6-16(7-5-13)28-12-23-11-25-28/h1-8,10-12H,9H2,(H2,22,29)(H,26,27). The Morgan fingerprint density at radius 3 is 2.76 bits per heavy atom. The van der Waals surface area contributed by atoms with E-state index in [2.05, 4.69) is 25.3 Å². The van der Waals surface area contributed by atoms with Gasteiger partial charge < -0.3 is 5.73 Å². The molecule has 0 aliphatic carbocycles. The van der Waals surface area contributed by atoms with E-state index in [1.165, 1.54) is 6.33 Å². The van der Waals surface area contributed by atoms with E-state index < -0.39 is 5.91 Å². The highest BCUT2D eigenvalue weighted by Crippen LogP contribution is 2.23. The minimum atomic E-state index is -0.593. The monoisotopic (exact) mass is 405 g/mol. The second kappa shape index (κ2) is 8.07. The molecule has 4 rings (SSSR count). The number of H-pyrrole nitrogens is 1. The number of aromatic amines is 1. The Labute approximate surface area is 171 Å². The maximum atomic E-state index is 12.0. The van der Waals surface area contributed by atoms with Gasteiger partial charge in [-0.25, -0.2) is 14.7 Å². The minimum absolute atomic E-state index is 0.245. The van der Waals surface area contributed by atoms with Crippen molar-refractivity contribution >= 4 is 29.5 Å². The van der Waals surface area contributed by atoms with Crippen LogP contribution in [0.5, 0.6) is 0 Å². The second-order valence-electron chi connectivity index (χ2n) is 6.26. The third kappa shape index (κ3) is 4.22. The van der Waals surface area contributed by atoms with Crippen molar-refractivity contribution in [3.63, 3.8) is 0 Å². The zero-order valence-corrected chi connectivity index (χ0v) is 15.9. The molecular formula is C20H16ClN7O. The average Bonchev–Trinajstić information content (AvgIpc) is 3.37. The van der Waals surface area contributed by atoms with E-state index in [1.54, 1.807) is 23.3 Å². The molecule has 9 heteroatoms. The van der Waals surface area contributed by atoms with Crippen molar-refractivity contribution < 1.29 is 4.79 Å². The van der Waals surface area contributed by atoms with Gasteiger partial charge in [0.15, 0.2) is 5.82 Å². The molecule has 0 spiro atoms. The van der Waals surface area contributed by atoms with Crippen molar-refractivity contribution in [1.82, 2.24) is 25.0 Å². The molecule has 8 nitrogen and oxygen atoms in total. The van der Waals surface area contributed by atoms with Gasteiger partial charge in [-0.15, -0.1) is 0 Å². The van der Waals surface area contributed by atoms with Crippen molar-refractivity contribution in [2.75, 3.05) is 0 Å². The first-order valence-corrected chi connectivity index (χ1v) is 9.08. The van der Waals surface area contributed by atoms with Gasteiger partial charge in [-0.2, -0.15) is 10.2 Å². The number of nitrogens with zero attached hydrogens (tertiary/aromatic N) is 5. The largest absolute Gasteiger partial charge is 0.365 e. The maximum absolute atomic E-state index is 12.0. The Kier molecular flexibility index (Phi) is 5.17. The number of nitrogens with one attached hydrogen (secondary N) is 1. The Morgan fingerprint density at radius 1 is 1.24 bits per heavy atom. The lowest BCUT2D eigenvalue weighted by Gasteiger charge is -2.02. The molecule has 0 aliphatic heterocycles. The third-order valence-corrected chi connectivity index (χ3v) is 4.49. The van der Waals surface area contributed by atoms with Crippen LogP contribution in [0.15, 0.2) is 66.2 Å². The Hall–Kier alpha value is -3.78. The van der Waals surface area contributed by atoms with E-state index in [0.29, 0.717) is 17.1 Å². The van der Waals surface area contributed by atoms with E-state index >= 15 is 0 Å². The highest BCUT2D eigenvalue weighted by Gasteiger charge is 2.18. The molecule has 2 heterocycles. The third-order valence-electron chi connectivity index (χ3n) is 4.25. The number of rotatable bonds is 6. The minimum Gasteiger partial charge on any atom is -0.365 e. The maximum Gasteiger partial charge on any atom is 0.254 e. The molecule has 0 atom stereocenters. The SMILES string of the molecule is NC(=O)c1c(N=Cc2ccc(-n3cncn3)cc2)n[nH]c1Cc1cccc(Cl)c1. The molecule has 2 aromatic carbocycles. The summed E-state index contributed by atoms with van der Waals surface area (Å²) in [5, 5.41) is 11.7. The summed E-state index contributed by atoms with van der Waals surface area (Å²) in [6.07, 6.45) is 5.15. The van der Waals surface area contributed by atoms with E-state index in [1.807, 2.05) is 42.5 Å². The van der Waals surface area contributed by atoms with Crippen molar-refractivity contribution in [2.24, 2.45) is 10.7 Å². The number of benzene rings is 2. The van der Waals surface area contributed by atoms with Gasteiger partial charge in [0.05, 0.1) is 11.4 Å². The van der Waals surface area contributed by atoms with Crippen LogP contribution in [0, 0.1) is 0 Å². The topological polar surface area (TPSA) is 115 Å². The molecule has 3 N–H and O–H groups in total. The van der Waals surface area contributed by atoms with E-state index in [9.17, 15) is 4.79 Å². The lowest BCUT2D eigenvalue weighted by molar-refractivity contribution is 0.100. The van der Waals surface area contributed by atoms with Crippen molar-refractivity contribution in [3.05, 3.63) is 88.6 Å². The first-order valence-electron chi connectivity index (χ1n) is 8.71. The van der Waals surface area contributed by atoms with Crippen LogP contribution in [0.1, 0.15) is 27.2 Å². The van der Waals surface area contributed by atoms with Crippen LogP contribution in [0.25, 0.3) is 5.69 Å². The molecule has 29 heavy (non-hydrogen) atoms. The lowest BCUT2D eigenvalue weighted by Crippen LogP contribution is -2.13. The average molecular weight is 406 g/mol. The number of amides is 1. The fourth-order valence-electron chi connectivity index (χ4n) is 2.89. The Morgan fingerprint density at radius 2 is 2.07 bits per heavy atom. The number of halogens is 1. The van der Waals surface area contributed by atoms with E-state index in [0.717, 1.165) is 16.8 Å². The van der Waals surface area contributed by atoms with Crippen LogP contribution in [0.4, 0.5) is 5.82 Å². The summed E-state index contributed by atoms with van der Waals surface area (Å²) < 4.78 is 1.65. The molecule has 0 radical (unpaired) electrons. The smallest absolute Gasteiger partial charge is 0.254 e. The Balaban J connectivity index is 1.57. The summed E-state index contributed by atoms with van der Waals surface area (Å²) in [5.74, 6) is -0.348. The molecule has 4 aromatic rings. The van der Waals surface area contributed by atoms with Gasteiger partial charge in [-0.3, -0.25) is 9.89 Å². The molecule has 2 aromatic heterocycles. The fourth-order valence-corrected chi connectivity index (χ4v) is 3.10. The van der Waals surface area contributed by atoms with Crippen LogP contribution in [-0.4, -0.2) is 37.1 Å². The van der Waals surface area contributed by atoms with Gasteiger partial charge in [0.1, 0.15) is 18.2 Å². The van der Waals surface area contributed by atoms with Gasteiger partial charge >= 0.3 is 0 Å². The van der Waals surface area contributed by atoms with Gasteiger partial charge in [0.2, 0.25) is 0 Å². The summed E-state index contributed by atoms with van der Waals surface area (Å²) in [5.41, 5.74) is 9.07. The highest BCUT2D eigenvalue weighted by atomic mass is 35.5. The second-order valence-corrected chi connectivity index (χ2v) is 6.70. The van der Waals surface area contributed by atoms with Crippen LogP contribution in [-0.2, 0) is 6.42 Å². The number of aromatic nitrogens is 5. The van der Waals surface area contributed by atoms with Gasteiger partial charge in [0.25, 0.3) is 5.91 Å². The molecule has 144 valence electrons. The predicted molar refractivity (Wildman–Crippen MR) is 110 cm³/mol. The quantitative estimate of drug-likeness (QED) is 0.479. The number of primary amides is 1. The number of carbonyl (C=O) groups excluding carboxylic acids is 1. The molecule has 0 aliphatic rings. The molecule has 0 unspecified atom stereocenters. The zero-order chi connectivity index (χ0) is 20.2. The zero-order valence-electron chi connectivity index (χ0n) is 15.2. The summed E-state index contributed by atoms with van der Waals surface area (Å²) in [6, 6.07) is 14.9. The van der Waals surface area contributed by atoms with Crippen molar-refractivity contribution in [1.29, 1.82) is 0 Å². The molecule has 0 saturated carbocycles. The van der Waals surface area contributed by atoms with E-state index in [-0.39, 0.29) is 11.4 Å². The van der Waals surface area contributed by atoms with Crippen LogP contribution in [0.3, 0.4) is 0 Å². The molecule has 0 fully saturated rings. The van der Waals surface area contributed by atoms with Crippen molar-refractivity contribution in [3.8, 4) is 5.69 Å². The number of aliphatic imine (C=N–C) groups is 1.